The second kappa shape index (κ2) is 4.96. The fourth-order valence-corrected chi connectivity index (χ4v) is 1.23. The van der Waals surface area contributed by atoms with Crippen LogP contribution >= 0.6 is 0 Å². The number of nitrogens with one attached hydrogen (secondary N) is 1. The zero-order chi connectivity index (χ0) is 8.81. The van der Waals surface area contributed by atoms with Gasteiger partial charge in [0.15, 0.2) is 0 Å². The van der Waals surface area contributed by atoms with Gasteiger partial charge in [-0.05, 0) is 12.8 Å². The van der Waals surface area contributed by atoms with E-state index in [1.54, 1.807) is 12.5 Å². The minimum atomic E-state index is 1.11. The quantitative estimate of drug-likeness (QED) is 0.682. The Morgan fingerprint density at radius 2 is 2.33 bits per heavy atom. The minimum absolute atomic E-state index is 1.11. The summed E-state index contributed by atoms with van der Waals surface area (Å²) in [6.07, 6.45) is 9.38. The predicted octanol–water partition coefficient (Wildman–Crippen LogP) is 2.91. The van der Waals surface area contributed by atoms with Gasteiger partial charge >= 0.3 is 0 Å². The van der Waals surface area contributed by atoms with E-state index >= 15 is 0 Å². The molecule has 0 aliphatic heterocycles. The molecule has 68 valence electrons. The largest absolute Gasteiger partial charge is 0.349 e. The first-order chi connectivity index (χ1) is 5.83. The molecule has 1 aromatic heterocycles. The van der Waals surface area contributed by atoms with Crippen molar-refractivity contribution in [3.63, 3.8) is 0 Å². The number of H-pyrrole nitrogens is 1. The SMILES string of the molecule is CCC1CCC1.Cc1cnc[nH]1. The molecular weight excluding hydrogens is 148 g/mol. The molecular formula is C10H18N2. The maximum Gasteiger partial charge on any atom is 0.0921 e. The summed E-state index contributed by atoms with van der Waals surface area (Å²) in [6, 6.07) is 0. The third-order valence-corrected chi connectivity index (χ3v) is 2.44. The molecule has 2 rings (SSSR count). The van der Waals surface area contributed by atoms with Crippen LogP contribution in [-0.2, 0) is 0 Å². The number of hydrogen-bond acceptors (Lipinski definition) is 1. The van der Waals surface area contributed by atoms with Gasteiger partial charge in [-0.3, -0.25) is 0 Å². The van der Waals surface area contributed by atoms with E-state index in [9.17, 15) is 0 Å². The number of aromatic nitrogens is 2. The van der Waals surface area contributed by atoms with Crippen molar-refractivity contribution in [2.75, 3.05) is 0 Å². The summed E-state index contributed by atoms with van der Waals surface area (Å²) in [6.45, 7) is 4.25. The molecule has 1 fully saturated rings. The van der Waals surface area contributed by atoms with Crippen molar-refractivity contribution in [3.05, 3.63) is 18.2 Å². The van der Waals surface area contributed by atoms with Crippen molar-refractivity contribution in [2.45, 2.75) is 39.5 Å². The summed E-state index contributed by atoms with van der Waals surface area (Å²) < 4.78 is 0. The van der Waals surface area contributed by atoms with Crippen LogP contribution in [0.15, 0.2) is 12.5 Å². The Hall–Kier alpha value is -0.790. The molecule has 12 heavy (non-hydrogen) atoms. The number of aromatic amines is 1. The Kier molecular flexibility index (Phi) is 3.85. The van der Waals surface area contributed by atoms with E-state index in [2.05, 4.69) is 16.9 Å². The molecule has 1 aliphatic rings. The second-order valence-electron chi connectivity index (χ2n) is 3.44. The second-order valence-corrected chi connectivity index (χ2v) is 3.44. The summed E-state index contributed by atoms with van der Waals surface area (Å²) in [5, 5.41) is 0. The molecule has 1 saturated carbocycles. The molecule has 1 aliphatic carbocycles. The molecule has 0 saturated heterocycles. The lowest BCUT2D eigenvalue weighted by Crippen LogP contribution is -2.08. The molecule has 0 bridgehead atoms. The summed E-state index contributed by atoms with van der Waals surface area (Å²) in [7, 11) is 0. The van der Waals surface area contributed by atoms with E-state index in [-0.39, 0.29) is 0 Å². The van der Waals surface area contributed by atoms with Crippen LogP contribution < -0.4 is 0 Å². The molecule has 2 heteroatoms. The third kappa shape index (κ3) is 3.07. The predicted molar refractivity (Wildman–Crippen MR) is 51.0 cm³/mol. The highest BCUT2D eigenvalue weighted by Gasteiger charge is 2.13. The third-order valence-electron chi connectivity index (χ3n) is 2.44. The monoisotopic (exact) mass is 166 g/mol. The van der Waals surface area contributed by atoms with Crippen molar-refractivity contribution in [3.8, 4) is 0 Å². The summed E-state index contributed by atoms with van der Waals surface area (Å²) in [5.41, 5.74) is 1.11. The maximum atomic E-state index is 3.77. The van der Waals surface area contributed by atoms with E-state index < -0.39 is 0 Å². The van der Waals surface area contributed by atoms with Crippen LogP contribution in [-0.4, -0.2) is 9.97 Å². The lowest BCUT2D eigenvalue weighted by Gasteiger charge is -2.22. The number of rotatable bonds is 1. The molecule has 1 heterocycles. The van der Waals surface area contributed by atoms with Crippen LogP contribution in [0.3, 0.4) is 0 Å². The van der Waals surface area contributed by atoms with E-state index in [4.69, 9.17) is 0 Å². The fourth-order valence-electron chi connectivity index (χ4n) is 1.23. The minimum Gasteiger partial charge on any atom is -0.349 e. The summed E-state index contributed by atoms with van der Waals surface area (Å²) >= 11 is 0. The van der Waals surface area contributed by atoms with Crippen molar-refractivity contribution in [1.29, 1.82) is 0 Å². The highest BCUT2D eigenvalue weighted by atomic mass is 14.8. The number of imidazole rings is 1. The van der Waals surface area contributed by atoms with E-state index in [1.165, 1.54) is 25.7 Å². The average molecular weight is 166 g/mol. The zero-order valence-electron chi connectivity index (χ0n) is 8.01. The summed E-state index contributed by atoms with van der Waals surface area (Å²) in [4.78, 5) is 6.66. The van der Waals surface area contributed by atoms with Gasteiger partial charge in [0.05, 0.1) is 6.33 Å². The van der Waals surface area contributed by atoms with Crippen LogP contribution in [0.5, 0.6) is 0 Å². The van der Waals surface area contributed by atoms with Crippen LogP contribution in [0.2, 0.25) is 0 Å². The standard InChI is InChI=1S/C6H12.C4H6N2/c1-2-6-4-3-5-6;1-4-2-5-3-6-4/h6H,2-5H2,1H3;2-3H,1H3,(H,5,6). The first-order valence-electron chi connectivity index (χ1n) is 4.78. The lowest BCUT2D eigenvalue weighted by molar-refractivity contribution is 0.307. The van der Waals surface area contributed by atoms with Crippen molar-refractivity contribution in [2.24, 2.45) is 5.92 Å². The van der Waals surface area contributed by atoms with Crippen LogP contribution in [0, 0.1) is 12.8 Å². The summed E-state index contributed by atoms with van der Waals surface area (Å²) in [5.74, 6) is 1.12. The molecule has 0 spiro atoms. The van der Waals surface area contributed by atoms with Gasteiger partial charge in [0.2, 0.25) is 0 Å². The molecule has 2 nitrogen and oxygen atoms in total. The highest BCUT2D eigenvalue weighted by Crippen LogP contribution is 2.28. The number of nitrogens with zero attached hydrogens (tertiary/aromatic N) is 1. The molecule has 1 N–H and O–H groups in total. The van der Waals surface area contributed by atoms with Gasteiger partial charge in [0, 0.05) is 11.9 Å². The van der Waals surface area contributed by atoms with Crippen molar-refractivity contribution in [1.82, 2.24) is 9.97 Å². The maximum absolute atomic E-state index is 3.77. The Morgan fingerprint density at radius 3 is 2.42 bits per heavy atom. The van der Waals surface area contributed by atoms with E-state index in [1.807, 2.05) is 6.92 Å². The molecule has 1 aromatic rings. The molecule has 0 amide bonds. The van der Waals surface area contributed by atoms with Crippen LogP contribution in [0.4, 0.5) is 0 Å². The molecule has 0 unspecified atom stereocenters. The molecule has 0 aromatic carbocycles. The Morgan fingerprint density at radius 1 is 1.58 bits per heavy atom. The highest BCUT2D eigenvalue weighted by molar-refractivity contribution is 4.87. The van der Waals surface area contributed by atoms with Crippen LogP contribution in [0.1, 0.15) is 38.3 Å². The first-order valence-corrected chi connectivity index (χ1v) is 4.78. The van der Waals surface area contributed by atoms with Gasteiger partial charge in [-0.15, -0.1) is 0 Å². The smallest absolute Gasteiger partial charge is 0.0921 e. The van der Waals surface area contributed by atoms with Gasteiger partial charge in [0.25, 0.3) is 0 Å². The lowest BCUT2D eigenvalue weighted by atomic mass is 9.84. The van der Waals surface area contributed by atoms with E-state index in [0.717, 1.165) is 11.6 Å². The Bertz CT molecular complexity index is 185. The molecule has 0 atom stereocenters. The van der Waals surface area contributed by atoms with Gasteiger partial charge < -0.3 is 4.98 Å². The molecule has 0 radical (unpaired) electrons. The topological polar surface area (TPSA) is 28.7 Å². The van der Waals surface area contributed by atoms with Gasteiger partial charge in [-0.25, -0.2) is 4.98 Å². The zero-order valence-corrected chi connectivity index (χ0v) is 8.01. The Balaban J connectivity index is 0.000000120. The van der Waals surface area contributed by atoms with Gasteiger partial charge in [0.1, 0.15) is 0 Å². The van der Waals surface area contributed by atoms with Gasteiger partial charge in [-0.2, -0.15) is 0 Å². The van der Waals surface area contributed by atoms with Crippen LogP contribution in [0.25, 0.3) is 0 Å². The number of aryl methyl sites for hydroxylation is 1. The van der Waals surface area contributed by atoms with E-state index in [0.29, 0.717) is 0 Å². The Labute approximate surface area is 74.4 Å². The fraction of sp³-hybridized carbons (Fsp3) is 0.700. The first kappa shape index (κ1) is 9.30. The van der Waals surface area contributed by atoms with Crippen molar-refractivity contribution < 1.29 is 0 Å². The normalized spacial score (nSPS) is 16.2. The van der Waals surface area contributed by atoms with Crippen molar-refractivity contribution >= 4 is 0 Å². The number of hydrogen-bond donors (Lipinski definition) is 1. The average Bonchev–Trinajstić information content (AvgIpc) is 2.38. The van der Waals surface area contributed by atoms with Gasteiger partial charge in [-0.1, -0.05) is 32.6 Å².